The molecule has 1 fully saturated rings. The largest absolute Gasteiger partial charge is 0.497 e. The van der Waals surface area contributed by atoms with E-state index in [1.54, 1.807) is 13.3 Å². The molecule has 0 radical (unpaired) electrons. The van der Waals surface area contributed by atoms with Crippen LogP contribution in [0.1, 0.15) is 5.56 Å². The molecule has 136 valence electrons. The minimum absolute atomic E-state index is 0.416. The fourth-order valence-electron chi connectivity index (χ4n) is 2.62. The average molecular weight is 370 g/mol. The van der Waals surface area contributed by atoms with Gasteiger partial charge >= 0.3 is 0 Å². The highest BCUT2D eigenvalue weighted by Gasteiger charge is 2.10. The first-order valence-electron chi connectivity index (χ1n) is 8.41. The van der Waals surface area contributed by atoms with Crippen molar-refractivity contribution in [2.45, 2.75) is 0 Å². The molecule has 0 aromatic heterocycles. The molecule has 0 unspecified atom stereocenters. The standard InChI is InChI=1S/C19H22N4O2S/c1-24-18-4-2-3-16(13-18)21-19(26)22-20-14-15-5-7-17(8-6-15)23-9-11-25-12-10-23/h2-8,13-14H,9-12H2,1H3,(H2,21,22,26). The van der Waals surface area contributed by atoms with Crippen LogP contribution in [0.2, 0.25) is 0 Å². The Kier molecular flexibility index (Phi) is 6.40. The van der Waals surface area contributed by atoms with Crippen LogP contribution in [0.25, 0.3) is 0 Å². The summed E-state index contributed by atoms with van der Waals surface area (Å²) in [5.74, 6) is 0.765. The topological polar surface area (TPSA) is 58.1 Å². The first kappa shape index (κ1) is 18.2. The van der Waals surface area contributed by atoms with E-state index in [4.69, 9.17) is 21.7 Å². The van der Waals surface area contributed by atoms with Crippen LogP contribution >= 0.6 is 12.2 Å². The summed E-state index contributed by atoms with van der Waals surface area (Å²) in [5, 5.41) is 7.66. The molecule has 1 heterocycles. The summed E-state index contributed by atoms with van der Waals surface area (Å²) in [6.45, 7) is 3.42. The summed E-state index contributed by atoms with van der Waals surface area (Å²) in [7, 11) is 1.63. The highest BCUT2D eigenvalue weighted by atomic mass is 32.1. The molecule has 6 nitrogen and oxygen atoms in total. The second-order valence-electron chi connectivity index (χ2n) is 5.75. The predicted octanol–water partition coefficient (Wildman–Crippen LogP) is 2.85. The van der Waals surface area contributed by atoms with Crippen molar-refractivity contribution in [2.24, 2.45) is 5.10 Å². The van der Waals surface area contributed by atoms with Crippen LogP contribution in [0.3, 0.4) is 0 Å². The molecule has 2 N–H and O–H groups in total. The summed E-state index contributed by atoms with van der Waals surface area (Å²) in [4.78, 5) is 2.32. The van der Waals surface area contributed by atoms with E-state index in [0.717, 1.165) is 43.3 Å². The highest BCUT2D eigenvalue weighted by Crippen LogP contribution is 2.17. The van der Waals surface area contributed by atoms with Crippen LogP contribution in [0.4, 0.5) is 11.4 Å². The summed E-state index contributed by atoms with van der Waals surface area (Å²) in [6, 6.07) is 15.8. The molecule has 0 amide bonds. The Hall–Kier alpha value is -2.64. The Morgan fingerprint density at radius 1 is 1.19 bits per heavy atom. The first-order chi connectivity index (χ1) is 12.7. The smallest absolute Gasteiger partial charge is 0.191 e. The zero-order chi connectivity index (χ0) is 18.2. The van der Waals surface area contributed by atoms with Crippen molar-refractivity contribution in [2.75, 3.05) is 43.6 Å². The van der Waals surface area contributed by atoms with Crippen molar-refractivity contribution in [1.82, 2.24) is 5.43 Å². The van der Waals surface area contributed by atoms with E-state index >= 15 is 0 Å². The molecule has 2 aromatic carbocycles. The summed E-state index contributed by atoms with van der Waals surface area (Å²) in [6.07, 6.45) is 1.74. The molecular weight excluding hydrogens is 348 g/mol. The van der Waals surface area contributed by atoms with Crippen molar-refractivity contribution in [3.05, 3.63) is 54.1 Å². The molecule has 1 aliphatic heterocycles. The van der Waals surface area contributed by atoms with Gasteiger partial charge < -0.3 is 19.7 Å². The summed E-state index contributed by atoms with van der Waals surface area (Å²) in [5.41, 5.74) is 5.86. The maximum Gasteiger partial charge on any atom is 0.191 e. The summed E-state index contributed by atoms with van der Waals surface area (Å²) >= 11 is 5.24. The van der Waals surface area contributed by atoms with Crippen LogP contribution in [-0.4, -0.2) is 44.7 Å². The molecule has 3 rings (SSSR count). The van der Waals surface area contributed by atoms with Gasteiger partial charge in [0.15, 0.2) is 5.11 Å². The molecule has 2 aromatic rings. The van der Waals surface area contributed by atoms with Crippen molar-refractivity contribution in [3.63, 3.8) is 0 Å². The number of nitrogens with zero attached hydrogens (tertiary/aromatic N) is 2. The Balaban J connectivity index is 1.50. The SMILES string of the molecule is COc1cccc(NC(=S)NN=Cc2ccc(N3CCOCC3)cc2)c1. The number of methoxy groups -OCH3 is 1. The number of anilines is 2. The molecule has 7 heteroatoms. The first-order valence-corrected chi connectivity index (χ1v) is 8.82. The zero-order valence-corrected chi connectivity index (χ0v) is 15.5. The quantitative estimate of drug-likeness (QED) is 0.480. The molecule has 1 aliphatic rings. The molecule has 0 atom stereocenters. The molecule has 0 bridgehead atoms. The maximum atomic E-state index is 5.38. The molecule has 0 saturated carbocycles. The van der Waals surface area contributed by atoms with Crippen LogP contribution in [0.5, 0.6) is 5.75 Å². The predicted molar refractivity (Wildman–Crippen MR) is 109 cm³/mol. The number of ether oxygens (including phenoxy) is 2. The third kappa shape index (κ3) is 5.18. The Morgan fingerprint density at radius 2 is 1.96 bits per heavy atom. The number of benzene rings is 2. The number of nitrogens with one attached hydrogen (secondary N) is 2. The van der Waals surface area contributed by atoms with E-state index in [2.05, 4.69) is 32.9 Å². The second-order valence-corrected chi connectivity index (χ2v) is 6.16. The number of hydrogen-bond acceptors (Lipinski definition) is 5. The number of rotatable bonds is 5. The monoisotopic (exact) mass is 370 g/mol. The van der Waals surface area contributed by atoms with E-state index in [0.29, 0.717) is 5.11 Å². The lowest BCUT2D eigenvalue weighted by molar-refractivity contribution is 0.122. The van der Waals surface area contributed by atoms with Crippen LogP contribution < -0.4 is 20.4 Å². The van der Waals surface area contributed by atoms with Gasteiger partial charge in [-0.1, -0.05) is 18.2 Å². The maximum absolute atomic E-state index is 5.38. The lowest BCUT2D eigenvalue weighted by Gasteiger charge is -2.28. The van der Waals surface area contributed by atoms with Crippen LogP contribution in [0, 0.1) is 0 Å². The van der Waals surface area contributed by atoms with Gasteiger partial charge in [-0.2, -0.15) is 5.10 Å². The van der Waals surface area contributed by atoms with Gasteiger partial charge in [-0.05, 0) is 42.0 Å². The number of morpholine rings is 1. The lowest BCUT2D eigenvalue weighted by Crippen LogP contribution is -2.36. The van der Waals surface area contributed by atoms with E-state index in [-0.39, 0.29) is 0 Å². The fraction of sp³-hybridized carbons (Fsp3) is 0.263. The van der Waals surface area contributed by atoms with Crippen molar-refractivity contribution in [1.29, 1.82) is 0 Å². The van der Waals surface area contributed by atoms with Gasteiger partial charge in [0.2, 0.25) is 0 Å². The van der Waals surface area contributed by atoms with Crippen LogP contribution in [-0.2, 0) is 4.74 Å². The van der Waals surface area contributed by atoms with E-state index < -0.39 is 0 Å². The number of thiocarbonyl (C=S) groups is 1. The molecule has 0 spiro atoms. The molecule has 0 aliphatic carbocycles. The van der Waals surface area contributed by atoms with Gasteiger partial charge in [-0.3, -0.25) is 5.43 Å². The van der Waals surface area contributed by atoms with Crippen molar-refractivity contribution < 1.29 is 9.47 Å². The van der Waals surface area contributed by atoms with Gasteiger partial charge in [0.25, 0.3) is 0 Å². The number of hydrogen-bond donors (Lipinski definition) is 2. The highest BCUT2D eigenvalue weighted by molar-refractivity contribution is 7.80. The molecule has 1 saturated heterocycles. The van der Waals surface area contributed by atoms with Gasteiger partial charge in [0, 0.05) is 30.5 Å². The van der Waals surface area contributed by atoms with Crippen molar-refractivity contribution >= 4 is 34.9 Å². The normalized spacial score (nSPS) is 14.3. The van der Waals surface area contributed by atoms with Crippen LogP contribution in [0.15, 0.2) is 53.6 Å². The minimum atomic E-state index is 0.416. The molecule has 26 heavy (non-hydrogen) atoms. The van der Waals surface area contributed by atoms with Gasteiger partial charge in [-0.15, -0.1) is 0 Å². The second kappa shape index (κ2) is 9.17. The van der Waals surface area contributed by atoms with E-state index in [1.165, 1.54) is 5.69 Å². The van der Waals surface area contributed by atoms with E-state index in [9.17, 15) is 0 Å². The van der Waals surface area contributed by atoms with Gasteiger partial charge in [0.1, 0.15) is 5.75 Å². The molecular formula is C19H22N4O2S. The Bertz CT molecular complexity index is 758. The van der Waals surface area contributed by atoms with Gasteiger partial charge in [0.05, 0.1) is 26.5 Å². The minimum Gasteiger partial charge on any atom is -0.497 e. The zero-order valence-electron chi connectivity index (χ0n) is 14.6. The van der Waals surface area contributed by atoms with Gasteiger partial charge in [-0.25, -0.2) is 0 Å². The third-order valence-corrected chi connectivity index (χ3v) is 4.17. The average Bonchev–Trinajstić information content (AvgIpc) is 2.69. The fourth-order valence-corrected chi connectivity index (χ4v) is 2.79. The Morgan fingerprint density at radius 3 is 2.69 bits per heavy atom. The lowest BCUT2D eigenvalue weighted by atomic mass is 10.2. The third-order valence-electron chi connectivity index (χ3n) is 3.98. The summed E-state index contributed by atoms with van der Waals surface area (Å²) < 4.78 is 10.6. The van der Waals surface area contributed by atoms with Crippen molar-refractivity contribution in [3.8, 4) is 5.75 Å². The van der Waals surface area contributed by atoms with E-state index in [1.807, 2.05) is 36.4 Å². The Labute approximate surface area is 158 Å². The number of hydrazone groups is 1.